The molecule has 0 heterocycles. The van der Waals surface area contributed by atoms with E-state index in [4.69, 9.17) is 0 Å². The molecule has 1 aromatic rings. The van der Waals surface area contributed by atoms with E-state index < -0.39 is 17.5 Å². The maximum Gasteiger partial charge on any atom is 0.194 e. The van der Waals surface area contributed by atoms with Gasteiger partial charge in [0.25, 0.3) is 0 Å². The summed E-state index contributed by atoms with van der Waals surface area (Å²) in [5, 5.41) is 0. The van der Waals surface area contributed by atoms with Gasteiger partial charge >= 0.3 is 0 Å². The fourth-order valence-electron chi connectivity index (χ4n) is 2.55. The lowest BCUT2D eigenvalue weighted by Crippen LogP contribution is -2.22. The van der Waals surface area contributed by atoms with Gasteiger partial charge in [0.1, 0.15) is 0 Å². The average Bonchev–Trinajstić information content (AvgIpc) is 2.23. The van der Waals surface area contributed by atoms with Crippen LogP contribution in [0.25, 0.3) is 0 Å². The molecule has 0 spiro atoms. The van der Waals surface area contributed by atoms with Crippen molar-refractivity contribution in [1.29, 1.82) is 0 Å². The van der Waals surface area contributed by atoms with Crippen molar-refractivity contribution < 1.29 is 13.2 Å². The fraction of sp³-hybridized carbons (Fsp3) is 0.571. The van der Waals surface area contributed by atoms with Gasteiger partial charge in [-0.3, -0.25) is 0 Å². The maximum absolute atomic E-state index is 13.0. The maximum atomic E-state index is 13.0. The Bertz CT molecular complexity index is 371. The Kier molecular flexibility index (Phi) is 3.75. The van der Waals surface area contributed by atoms with Crippen LogP contribution in [0.4, 0.5) is 13.2 Å². The molecule has 0 unspecified atom stereocenters. The third kappa shape index (κ3) is 2.64. The van der Waals surface area contributed by atoms with Crippen molar-refractivity contribution in [2.75, 3.05) is 0 Å². The number of halogens is 3. The summed E-state index contributed by atoms with van der Waals surface area (Å²) < 4.78 is 38.9. The van der Waals surface area contributed by atoms with Gasteiger partial charge in [0.15, 0.2) is 17.5 Å². The molecule has 0 aromatic heterocycles. The van der Waals surface area contributed by atoms with E-state index in [1.165, 1.54) is 19.3 Å². The van der Waals surface area contributed by atoms with Gasteiger partial charge in [-0.05, 0) is 42.4 Å². The van der Waals surface area contributed by atoms with Gasteiger partial charge in [0.2, 0.25) is 0 Å². The van der Waals surface area contributed by atoms with Crippen LogP contribution < -0.4 is 0 Å². The molecular formula is C14H17F3. The highest BCUT2D eigenvalue weighted by molar-refractivity contribution is 5.25. The van der Waals surface area contributed by atoms with Crippen molar-refractivity contribution in [1.82, 2.24) is 0 Å². The molecule has 0 amide bonds. The van der Waals surface area contributed by atoms with E-state index in [0.29, 0.717) is 11.5 Å². The van der Waals surface area contributed by atoms with Gasteiger partial charge in [-0.25, -0.2) is 13.2 Å². The molecule has 0 radical (unpaired) electrons. The van der Waals surface area contributed by atoms with Crippen LogP contribution in [0.3, 0.4) is 0 Å². The van der Waals surface area contributed by atoms with E-state index in [1.54, 1.807) is 0 Å². The van der Waals surface area contributed by atoms with Crippen LogP contribution in [0, 0.1) is 23.4 Å². The van der Waals surface area contributed by atoms with Crippen LogP contribution >= 0.6 is 0 Å². The van der Waals surface area contributed by atoms with Crippen molar-refractivity contribution in [3.8, 4) is 0 Å². The Morgan fingerprint density at radius 1 is 1.12 bits per heavy atom. The lowest BCUT2D eigenvalue weighted by atomic mass is 9.69. The van der Waals surface area contributed by atoms with Gasteiger partial charge in [0, 0.05) is 0 Å². The molecule has 94 valence electrons. The van der Waals surface area contributed by atoms with Crippen molar-refractivity contribution in [3.63, 3.8) is 0 Å². The number of benzene rings is 1. The summed E-state index contributed by atoms with van der Waals surface area (Å²) >= 11 is 0. The molecule has 0 saturated heterocycles. The lowest BCUT2D eigenvalue weighted by molar-refractivity contribution is 0.241. The zero-order valence-electron chi connectivity index (χ0n) is 9.98. The Balaban J connectivity index is 1.97. The summed E-state index contributed by atoms with van der Waals surface area (Å²) in [6.07, 6.45) is 5.54. The van der Waals surface area contributed by atoms with Crippen molar-refractivity contribution in [2.45, 2.75) is 44.9 Å². The molecule has 0 bridgehead atoms. The second kappa shape index (κ2) is 5.11. The monoisotopic (exact) mass is 242 g/mol. The molecule has 0 atom stereocenters. The molecule has 0 aliphatic heterocycles. The smallest absolute Gasteiger partial charge is 0.194 e. The van der Waals surface area contributed by atoms with Gasteiger partial charge in [-0.15, -0.1) is 0 Å². The third-order valence-electron chi connectivity index (χ3n) is 3.68. The molecule has 0 N–H and O–H groups in total. The van der Waals surface area contributed by atoms with E-state index in [-0.39, 0.29) is 5.92 Å². The molecule has 1 aromatic carbocycles. The van der Waals surface area contributed by atoms with Crippen LogP contribution in [0.15, 0.2) is 12.1 Å². The molecule has 17 heavy (non-hydrogen) atoms. The van der Waals surface area contributed by atoms with Crippen molar-refractivity contribution in [3.05, 3.63) is 35.1 Å². The third-order valence-corrected chi connectivity index (χ3v) is 3.68. The zero-order chi connectivity index (χ0) is 12.4. The summed E-state index contributed by atoms with van der Waals surface area (Å²) in [6.45, 7) is 2.15. The number of hydrogen-bond donors (Lipinski definition) is 0. The molecule has 2 rings (SSSR count). The predicted molar refractivity (Wildman–Crippen MR) is 61.3 cm³/mol. The standard InChI is InChI=1S/C14H17F3/c1-2-3-4-9-5-10(6-9)11-7-12(15)14(17)13(16)8-11/h7-10H,2-6H2,1H3. The molecule has 0 nitrogen and oxygen atoms in total. The normalized spacial score (nSPS) is 23.5. The molecule has 1 aliphatic carbocycles. The Labute approximate surface area is 99.8 Å². The first-order valence-corrected chi connectivity index (χ1v) is 6.26. The average molecular weight is 242 g/mol. The number of hydrogen-bond acceptors (Lipinski definition) is 0. The second-order valence-corrected chi connectivity index (χ2v) is 4.98. The Morgan fingerprint density at radius 3 is 2.24 bits per heavy atom. The molecule has 1 fully saturated rings. The second-order valence-electron chi connectivity index (χ2n) is 4.98. The van der Waals surface area contributed by atoms with E-state index in [2.05, 4.69) is 6.92 Å². The quantitative estimate of drug-likeness (QED) is 0.666. The molecule has 3 heteroatoms. The highest BCUT2D eigenvalue weighted by Crippen LogP contribution is 2.44. The molecule has 1 saturated carbocycles. The topological polar surface area (TPSA) is 0 Å². The van der Waals surface area contributed by atoms with E-state index >= 15 is 0 Å². The summed E-state index contributed by atoms with van der Waals surface area (Å²) in [5.74, 6) is -2.62. The SMILES string of the molecule is CCCCC1CC(c2cc(F)c(F)c(F)c2)C1. The van der Waals surface area contributed by atoms with Gasteiger partial charge < -0.3 is 0 Å². The van der Waals surface area contributed by atoms with Crippen molar-refractivity contribution >= 4 is 0 Å². The minimum atomic E-state index is -1.37. The van der Waals surface area contributed by atoms with Crippen molar-refractivity contribution in [2.24, 2.45) is 5.92 Å². The number of rotatable bonds is 4. The van der Waals surface area contributed by atoms with Gasteiger partial charge in [-0.2, -0.15) is 0 Å². The largest absolute Gasteiger partial charge is 0.204 e. The summed E-state index contributed by atoms with van der Waals surface area (Å²) in [5.41, 5.74) is 0.606. The minimum Gasteiger partial charge on any atom is -0.204 e. The fourth-order valence-corrected chi connectivity index (χ4v) is 2.55. The first-order valence-electron chi connectivity index (χ1n) is 6.26. The van der Waals surface area contributed by atoms with E-state index in [9.17, 15) is 13.2 Å². The van der Waals surface area contributed by atoms with E-state index in [0.717, 1.165) is 25.0 Å². The Hall–Kier alpha value is -0.990. The highest BCUT2D eigenvalue weighted by atomic mass is 19.2. The van der Waals surface area contributed by atoms with E-state index in [1.807, 2.05) is 0 Å². The molecular weight excluding hydrogens is 225 g/mol. The lowest BCUT2D eigenvalue weighted by Gasteiger charge is -2.36. The first-order chi connectivity index (χ1) is 8.11. The van der Waals surface area contributed by atoms with Gasteiger partial charge in [0.05, 0.1) is 0 Å². The summed E-state index contributed by atoms with van der Waals surface area (Å²) in [6, 6.07) is 2.28. The first kappa shape index (κ1) is 12.5. The van der Waals surface area contributed by atoms with Crippen LogP contribution in [-0.4, -0.2) is 0 Å². The van der Waals surface area contributed by atoms with Crippen LogP contribution in [-0.2, 0) is 0 Å². The van der Waals surface area contributed by atoms with Crippen LogP contribution in [0.1, 0.15) is 50.5 Å². The summed E-state index contributed by atoms with van der Waals surface area (Å²) in [7, 11) is 0. The highest BCUT2D eigenvalue weighted by Gasteiger charge is 2.30. The Morgan fingerprint density at radius 2 is 1.71 bits per heavy atom. The zero-order valence-corrected chi connectivity index (χ0v) is 9.98. The van der Waals surface area contributed by atoms with Crippen LogP contribution in [0.5, 0.6) is 0 Å². The van der Waals surface area contributed by atoms with Crippen LogP contribution in [0.2, 0.25) is 0 Å². The number of unbranched alkanes of at least 4 members (excludes halogenated alkanes) is 1. The predicted octanol–water partition coefficient (Wildman–Crippen LogP) is 4.79. The molecule has 1 aliphatic rings. The summed E-state index contributed by atoms with van der Waals surface area (Å²) in [4.78, 5) is 0. The minimum absolute atomic E-state index is 0.210. The van der Waals surface area contributed by atoms with Gasteiger partial charge in [-0.1, -0.05) is 26.2 Å².